The summed E-state index contributed by atoms with van der Waals surface area (Å²) in [6, 6.07) is -0.143. The third kappa shape index (κ3) is 5.22. The Morgan fingerprint density at radius 3 is 2.28 bits per heavy atom. The van der Waals surface area contributed by atoms with Gasteiger partial charge in [-0.15, -0.1) is 0 Å². The molecule has 162 valence electrons. The Bertz CT molecular complexity index is 886. The first-order valence-corrected chi connectivity index (χ1v) is 8.82. The van der Waals surface area contributed by atoms with Crippen molar-refractivity contribution in [3.8, 4) is 0 Å². The molecule has 2 rings (SSSR count). The number of hydrogen-bond donors (Lipinski definition) is 1. The molecule has 0 aliphatic heterocycles. The summed E-state index contributed by atoms with van der Waals surface area (Å²) in [6.45, 7) is 4.36. The van der Waals surface area contributed by atoms with Crippen molar-refractivity contribution in [2.45, 2.75) is 52.1 Å². The second kappa shape index (κ2) is 8.25. The van der Waals surface area contributed by atoms with Gasteiger partial charge < -0.3 is 5.32 Å². The molecule has 0 bridgehead atoms. The van der Waals surface area contributed by atoms with E-state index in [9.17, 15) is 31.1 Å². The molecule has 13 heteroatoms. The Balaban J connectivity index is 1.94. The smallest absolute Gasteiger partial charge is 0.354 e. The Morgan fingerprint density at radius 1 is 1.17 bits per heavy atom. The number of aryl methyl sites for hydroxylation is 2. The molecule has 1 atom stereocenters. The van der Waals surface area contributed by atoms with Crippen LogP contribution in [0, 0.1) is 13.8 Å². The van der Waals surface area contributed by atoms with Crippen LogP contribution >= 0.6 is 11.6 Å². The normalized spacial score (nSPS) is 13.6. The van der Waals surface area contributed by atoms with Crippen LogP contribution in [0.4, 0.5) is 26.3 Å². The maximum Gasteiger partial charge on any atom is 0.436 e. The number of alkyl halides is 6. The minimum atomic E-state index is -4.75. The largest absolute Gasteiger partial charge is 0.436 e. The Morgan fingerprint density at radius 2 is 1.79 bits per heavy atom. The summed E-state index contributed by atoms with van der Waals surface area (Å²) in [5.41, 5.74) is -1.96. The average molecular weight is 446 g/mol. The third-order valence-electron chi connectivity index (χ3n) is 4.21. The summed E-state index contributed by atoms with van der Waals surface area (Å²) in [4.78, 5) is 12.2. The maximum absolute atomic E-state index is 12.9. The van der Waals surface area contributed by atoms with E-state index in [2.05, 4.69) is 15.5 Å². The fraction of sp³-hybridized carbons (Fsp3) is 0.562. The molecule has 29 heavy (non-hydrogen) atoms. The van der Waals surface area contributed by atoms with Gasteiger partial charge in [-0.05, 0) is 33.3 Å². The van der Waals surface area contributed by atoms with Crippen LogP contribution in [0.2, 0.25) is 5.02 Å². The van der Waals surface area contributed by atoms with Crippen molar-refractivity contribution in [2.75, 3.05) is 6.54 Å². The van der Waals surface area contributed by atoms with Gasteiger partial charge in [0.25, 0.3) is 0 Å². The van der Waals surface area contributed by atoms with Crippen molar-refractivity contribution in [3.05, 3.63) is 33.9 Å². The first-order chi connectivity index (χ1) is 13.2. The van der Waals surface area contributed by atoms with Crippen molar-refractivity contribution in [1.82, 2.24) is 24.9 Å². The lowest BCUT2D eigenvalue weighted by atomic mass is 10.3. The van der Waals surface area contributed by atoms with Crippen LogP contribution in [-0.2, 0) is 23.7 Å². The highest BCUT2D eigenvalue weighted by Crippen LogP contribution is 2.36. The van der Waals surface area contributed by atoms with Gasteiger partial charge in [0.2, 0.25) is 5.91 Å². The van der Waals surface area contributed by atoms with Crippen LogP contribution in [0.15, 0.2) is 6.07 Å². The standard InChI is InChI=1S/C16H18ClF6N5O/c1-8-7-11(15(18,19)20)25-27(8)6-4-5-24-14(29)10(3)28-9(2)12(17)13(26-28)16(21,22)23/h7,10H,4-6H2,1-3H3,(H,24,29). The Kier molecular flexibility index (Phi) is 6.55. The number of hydrogen-bond acceptors (Lipinski definition) is 3. The van der Waals surface area contributed by atoms with Gasteiger partial charge in [0, 0.05) is 18.8 Å². The molecule has 1 unspecified atom stereocenters. The molecule has 0 spiro atoms. The molecular weight excluding hydrogens is 428 g/mol. The van der Waals surface area contributed by atoms with Crippen LogP contribution in [0.3, 0.4) is 0 Å². The first-order valence-electron chi connectivity index (χ1n) is 8.44. The molecular formula is C16H18ClF6N5O. The van der Waals surface area contributed by atoms with Crippen LogP contribution < -0.4 is 5.32 Å². The minimum Gasteiger partial charge on any atom is -0.354 e. The molecule has 0 fully saturated rings. The van der Waals surface area contributed by atoms with Crippen LogP contribution in [0.25, 0.3) is 0 Å². The molecule has 0 aromatic carbocycles. The molecule has 0 radical (unpaired) electrons. The molecule has 0 aliphatic rings. The number of halogens is 7. The summed E-state index contributed by atoms with van der Waals surface area (Å²) in [7, 11) is 0. The van der Waals surface area contributed by atoms with Gasteiger partial charge in [0.15, 0.2) is 11.4 Å². The fourth-order valence-electron chi connectivity index (χ4n) is 2.63. The second-order valence-corrected chi connectivity index (χ2v) is 6.78. The Hall–Kier alpha value is -2.24. The van der Waals surface area contributed by atoms with Gasteiger partial charge in [-0.2, -0.15) is 36.5 Å². The zero-order valence-electron chi connectivity index (χ0n) is 15.6. The topological polar surface area (TPSA) is 64.7 Å². The van der Waals surface area contributed by atoms with E-state index in [4.69, 9.17) is 11.6 Å². The van der Waals surface area contributed by atoms with Gasteiger partial charge in [0.1, 0.15) is 6.04 Å². The predicted molar refractivity (Wildman–Crippen MR) is 91.3 cm³/mol. The minimum absolute atomic E-state index is 0.00603. The quantitative estimate of drug-likeness (QED) is 0.536. The molecule has 0 aliphatic carbocycles. The zero-order valence-corrected chi connectivity index (χ0v) is 16.4. The first kappa shape index (κ1) is 23.0. The lowest BCUT2D eigenvalue weighted by molar-refractivity contribution is -0.142. The van der Waals surface area contributed by atoms with E-state index in [1.165, 1.54) is 25.5 Å². The molecule has 1 N–H and O–H groups in total. The van der Waals surface area contributed by atoms with Gasteiger partial charge >= 0.3 is 12.4 Å². The van der Waals surface area contributed by atoms with E-state index in [-0.39, 0.29) is 25.2 Å². The Labute approximate surface area is 166 Å². The van der Waals surface area contributed by atoms with E-state index < -0.39 is 40.7 Å². The number of carbonyl (C=O) groups is 1. The number of carbonyl (C=O) groups excluding carboxylic acids is 1. The van der Waals surface area contributed by atoms with Crippen molar-refractivity contribution in [3.63, 3.8) is 0 Å². The highest BCUT2D eigenvalue weighted by molar-refractivity contribution is 6.32. The molecule has 2 aromatic heterocycles. The van der Waals surface area contributed by atoms with Crippen LogP contribution in [0.5, 0.6) is 0 Å². The summed E-state index contributed by atoms with van der Waals surface area (Å²) >= 11 is 5.67. The highest BCUT2D eigenvalue weighted by Gasteiger charge is 2.39. The molecule has 0 saturated carbocycles. The number of nitrogens with one attached hydrogen (secondary N) is 1. The van der Waals surface area contributed by atoms with Gasteiger partial charge in [-0.25, -0.2) is 0 Å². The molecule has 2 aromatic rings. The van der Waals surface area contributed by atoms with Gasteiger partial charge in [0.05, 0.1) is 10.7 Å². The summed E-state index contributed by atoms with van der Waals surface area (Å²) in [5.74, 6) is -0.603. The van der Waals surface area contributed by atoms with Gasteiger partial charge in [-0.3, -0.25) is 14.2 Å². The second-order valence-electron chi connectivity index (χ2n) is 6.40. The van der Waals surface area contributed by atoms with Crippen LogP contribution in [-0.4, -0.2) is 32.0 Å². The zero-order chi connectivity index (χ0) is 22.1. The van der Waals surface area contributed by atoms with Gasteiger partial charge in [-0.1, -0.05) is 11.6 Å². The maximum atomic E-state index is 12.9. The van der Waals surface area contributed by atoms with E-state index in [1.807, 2.05) is 0 Å². The predicted octanol–water partition coefficient (Wildman–Crippen LogP) is 4.15. The molecule has 0 saturated heterocycles. The van der Waals surface area contributed by atoms with E-state index in [0.717, 1.165) is 10.7 Å². The fourth-order valence-corrected chi connectivity index (χ4v) is 2.86. The lowest BCUT2D eigenvalue weighted by Gasteiger charge is -2.14. The lowest BCUT2D eigenvalue weighted by Crippen LogP contribution is -2.33. The van der Waals surface area contributed by atoms with E-state index in [1.54, 1.807) is 0 Å². The van der Waals surface area contributed by atoms with E-state index >= 15 is 0 Å². The molecule has 1 amide bonds. The number of nitrogens with zero attached hydrogens (tertiary/aromatic N) is 4. The monoisotopic (exact) mass is 445 g/mol. The summed E-state index contributed by atoms with van der Waals surface area (Å²) in [5, 5.41) is 8.80. The van der Waals surface area contributed by atoms with Crippen LogP contribution in [0.1, 0.15) is 42.2 Å². The van der Waals surface area contributed by atoms with Crippen molar-refractivity contribution < 1.29 is 31.1 Å². The van der Waals surface area contributed by atoms with Crippen molar-refractivity contribution in [2.24, 2.45) is 0 Å². The third-order valence-corrected chi connectivity index (χ3v) is 4.66. The number of aromatic nitrogens is 4. The number of amides is 1. The number of rotatable bonds is 6. The van der Waals surface area contributed by atoms with Crippen molar-refractivity contribution in [1.29, 1.82) is 0 Å². The highest BCUT2D eigenvalue weighted by atomic mass is 35.5. The summed E-state index contributed by atoms with van der Waals surface area (Å²) < 4.78 is 78.6. The SMILES string of the molecule is Cc1cc(C(F)(F)F)nn1CCCNC(=O)C(C)n1nc(C(F)(F)F)c(Cl)c1C. The average Bonchev–Trinajstić information content (AvgIpc) is 3.11. The molecule has 2 heterocycles. The molecule has 6 nitrogen and oxygen atoms in total. The van der Waals surface area contributed by atoms with E-state index in [0.29, 0.717) is 5.69 Å². The summed E-state index contributed by atoms with van der Waals surface area (Å²) in [6.07, 6.45) is -9.02. The van der Waals surface area contributed by atoms with Crippen molar-refractivity contribution >= 4 is 17.5 Å².